The highest BCUT2D eigenvalue weighted by molar-refractivity contribution is 5.95. The van der Waals surface area contributed by atoms with Crippen molar-refractivity contribution in [2.75, 3.05) is 0 Å². The second kappa shape index (κ2) is 6.28. The quantitative estimate of drug-likeness (QED) is 0.679. The Morgan fingerprint density at radius 1 is 1.04 bits per heavy atom. The van der Waals surface area contributed by atoms with Crippen molar-refractivity contribution in [2.24, 2.45) is 34.5 Å². The number of allylic oxidation sites excluding steroid dienone is 1. The lowest BCUT2D eigenvalue weighted by molar-refractivity contribution is -0.149. The maximum absolute atomic E-state index is 13.2. The van der Waals surface area contributed by atoms with Crippen LogP contribution in [0.25, 0.3) is 0 Å². The number of Topliss-reactive ketones (excluding diaryl/α,β-unsaturated/α-hetero) is 1. The summed E-state index contributed by atoms with van der Waals surface area (Å²) >= 11 is 0. The molecule has 0 radical (unpaired) electrons. The largest absolute Gasteiger partial charge is 0.462 e. The molecule has 0 spiro atoms. The minimum absolute atomic E-state index is 0.0146. The van der Waals surface area contributed by atoms with Gasteiger partial charge < -0.3 is 4.74 Å². The summed E-state index contributed by atoms with van der Waals surface area (Å²) in [4.78, 5) is 36.8. The van der Waals surface area contributed by atoms with Crippen LogP contribution in [-0.4, -0.2) is 23.6 Å². The number of ether oxygens (including phenoxy) is 1. The summed E-state index contributed by atoms with van der Waals surface area (Å²) < 4.78 is 5.45. The van der Waals surface area contributed by atoms with Gasteiger partial charge in [0.15, 0.2) is 5.78 Å². The number of carbonyl (C=O) groups excluding carboxylic acids is 3. The molecule has 0 saturated heterocycles. The highest BCUT2D eigenvalue weighted by atomic mass is 16.5. The van der Waals surface area contributed by atoms with E-state index in [0.29, 0.717) is 24.0 Å². The van der Waals surface area contributed by atoms with E-state index in [1.165, 1.54) is 12.5 Å². The van der Waals surface area contributed by atoms with E-state index in [1.807, 2.05) is 6.08 Å². The third-order valence-electron chi connectivity index (χ3n) is 8.72. The van der Waals surface area contributed by atoms with Gasteiger partial charge in [-0.3, -0.25) is 14.4 Å². The van der Waals surface area contributed by atoms with E-state index in [-0.39, 0.29) is 40.5 Å². The van der Waals surface area contributed by atoms with Gasteiger partial charge in [-0.2, -0.15) is 0 Å². The van der Waals surface area contributed by atoms with Gasteiger partial charge in [-0.1, -0.05) is 19.4 Å². The van der Waals surface area contributed by atoms with E-state index in [0.717, 1.165) is 38.5 Å². The highest BCUT2D eigenvalue weighted by Gasteiger charge is 2.61. The van der Waals surface area contributed by atoms with E-state index in [1.54, 1.807) is 6.92 Å². The summed E-state index contributed by atoms with van der Waals surface area (Å²) in [6.45, 7) is 7.77. The molecule has 0 bridgehead atoms. The number of fused-ring (bicyclic) bond motifs is 5. The second-order valence-electron chi connectivity index (χ2n) is 9.99. The number of ketones is 2. The van der Waals surface area contributed by atoms with Crippen molar-refractivity contribution < 1.29 is 19.1 Å². The third-order valence-corrected chi connectivity index (χ3v) is 8.72. The smallest absolute Gasteiger partial charge is 0.302 e. The van der Waals surface area contributed by atoms with E-state index in [4.69, 9.17) is 4.74 Å². The summed E-state index contributed by atoms with van der Waals surface area (Å²) in [7, 11) is 0. The van der Waals surface area contributed by atoms with Crippen molar-refractivity contribution in [1.29, 1.82) is 0 Å². The lowest BCUT2D eigenvalue weighted by Gasteiger charge is -2.57. The minimum Gasteiger partial charge on any atom is -0.462 e. The predicted molar refractivity (Wildman–Crippen MR) is 102 cm³/mol. The van der Waals surface area contributed by atoms with Crippen LogP contribution in [0.3, 0.4) is 0 Å². The molecule has 4 rings (SSSR count). The highest BCUT2D eigenvalue weighted by Crippen LogP contribution is 2.65. The first-order chi connectivity index (χ1) is 12.7. The Bertz CT molecular complexity index is 722. The van der Waals surface area contributed by atoms with Crippen molar-refractivity contribution in [3.05, 3.63) is 11.6 Å². The lowest BCUT2D eigenvalue weighted by atomic mass is 9.47. The van der Waals surface area contributed by atoms with Gasteiger partial charge in [0.25, 0.3) is 0 Å². The van der Waals surface area contributed by atoms with Crippen LogP contribution in [0.15, 0.2) is 11.6 Å². The number of hydrogen-bond donors (Lipinski definition) is 0. The average Bonchev–Trinajstić information content (AvgIpc) is 2.93. The van der Waals surface area contributed by atoms with Crippen LogP contribution in [0, 0.1) is 34.5 Å². The maximum Gasteiger partial charge on any atom is 0.302 e. The standard InChI is InChI=1S/C23H32O4/c1-13(24)17-5-6-18-21-19(8-10-23(17,18)4)22(3)9-7-16(27-14(2)25)11-15(22)12-20(21)26/h12,16-19,21H,5-11H2,1-4H3/t16-,17+,18-,19-,21-,22+,23-/m1/s1. The molecule has 3 fully saturated rings. The molecule has 0 aromatic rings. The molecule has 4 aliphatic rings. The van der Waals surface area contributed by atoms with Gasteiger partial charge in [-0.05, 0) is 74.2 Å². The molecule has 4 nitrogen and oxygen atoms in total. The zero-order valence-corrected chi connectivity index (χ0v) is 17.0. The van der Waals surface area contributed by atoms with Crippen molar-refractivity contribution in [3.63, 3.8) is 0 Å². The minimum atomic E-state index is -0.237. The van der Waals surface area contributed by atoms with E-state index < -0.39 is 0 Å². The second-order valence-corrected chi connectivity index (χ2v) is 9.99. The Hall–Kier alpha value is -1.45. The topological polar surface area (TPSA) is 60.4 Å². The Kier molecular flexibility index (Phi) is 4.40. The van der Waals surface area contributed by atoms with Crippen molar-refractivity contribution in [1.82, 2.24) is 0 Å². The number of hydrogen-bond acceptors (Lipinski definition) is 4. The Balaban J connectivity index is 1.65. The molecule has 0 aromatic carbocycles. The number of rotatable bonds is 2. The predicted octanol–water partition coefficient (Wildman–Crippen LogP) is 4.27. The molecular weight excluding hydrogens is 340 g/mol. The molecule has 0 aromatic heterocycles. The Morgan fingerprint density at radius 2 is 1.78 bits per heavy atom. The van der Waals surface area contributed by atoms with Crippen LogP contribution >= 0.6 is 0 Å². The van der Waals surface area contributed by atoms with Gasteiger partial charge in [0, 0.05) is 25.2 Å². The molecule has 0 N–H and O–H groups in total. The number of esters is 1. The fourth-order valence-corrected chi connectivity index (χ4v) is 7.37. The van der Waals surface area contributed by atoms with Gasteiger partial charge >= 0.3 is 5.97 Å². The van der Waals surface area contributed by atoms with Gasteiger partial charge in [0.2, 0.25) is 0 Å². The normalized spacial score (nSPS) is 46.0. The van der Waals surface area contributed by atoms with Crippen LogP contribution in [0.1, 0.15) is 72.6 Å². The van der Waals surface area contributed by atoms with Crippen LogP contribution in [0.5, 0.6) is 0 Å². The third kappa shape index (κ3) is 2.74. The molecule has 0 amide bonds. The molecule has 4 heteroatoms. The van der Waals surface area contributed by atoms with Gasteiger partial charge in [-0.15, -0.1) is 0 Å². The SMILES string of the molecule is CC(=O)O[C@@H]1CC[C@@]2(C)C(=CC(=O)[C@@H]3[C@H]4CC[C@@H](C(C)=O)[C@@]4(C)CC[C@H]32)C1. The lowest BCUT2D eigenvalue weighted by Crippen LogP contribution is -2.54. The zero-order chi connectivity index (χ0) is 19.6. The van der Waals surface area contributed by atoms with Crippen molar-refractivity contribution in [2.45, 2.75) is 78.7 Å². The van der Waals surface area contributed by atoms with Crippen molar-refractivity contribution >= 4 is 17.5 Å². The van der Waals surface area contributed by atoms with E-state index in [2.05, 4.69) is 13.8 Å². The summed E-state index contributed by atoms with van der Waals surface area (Å²) in [6.07, 6.45) is 8.37. The van der Waals surface area contributed by atoms with Crippen molar-refractivity contribution in [3.8, 4) is 0 Å². The van der Waals surface area contributed by atoms with Gasteiger partial charge in [0.1, 0.15) is 11.9 Å². The molecular formula is C23H32O4. The Labute approximate surface area is 162 Å². The fraction of sp³-hybridized carbons (Fsp3) is 0.783. The van der Waals surface area contributed by atoms with E-state index >= 15 is 0 Å². The molecule has 27 heavy (non-hydrogen) atoms. The molecule has 0 aliphatic heterocycles. The molecule has 0 heterocycles. The zero-order valence-electron chi connectivity index (χ0n) is 17.0. The molecule has 7 atom stereocenters. The molecule has 4 aliphatic carbocycles. The molecule has 0 unspecified atom stereocenters. The number of carbonyl (C=O) groups is 3. The van der Waals surface area contributed by atoms with Crippen LogP contribution < -0.4 is 0 Å². The first-order valence-corrected chi connectivity index (χ1v) is 10.6. The average molecular weight is 373 g/mol. The fourth-order valence-electron chi connectivity index (χ4n) is 7.37. The van der Waals surface area contributed by atoms with Crippen LogP contribution in [0.2, 0.25) is 0 Å². The molecule has 3 saturated carbocycles. The molecule has 148 valence electrons. The monoisotopic (exact) mass is 372 g/mol. The summed E-state index contributed by atoms with van der Waals surface area (Å²) in [5.41, 5.74) is 1.21. The summed E-state index contributed by atoms with van der Waals surface area (Å²) in [5, 5.41) is 0. The van der Waals surface area contributed by atoms with Gasteiger partial charge in [-0.25, -0.2) is 0 Å². The first kappa shape index (κ1) is 18.9. The van der Waals surface area contributed by atoms with E-state index in [9.17, 15) is 14.4 Å². The summed E-state index contributed by atoms with van der Waals surface area (Å²) in [6, 6.07) is 0. The summed E-state index contributed by atoms with van der Waals surface area (Å²) in [5.74, 6) is 1.20. The first-order valence-electron chi connectivity index (χ1n) is 10.6. The van der Waals surface area contributed by atoms with Crippen LogP contribution in [-0.2, 0) is 19.1 Å². The van der Waals surface area contributed by atoms with Gasteiger partial charge in [0.05, 0.1) is 0 Å². The van der Waals surface area contributed by atoms with Crippen LogP contribution in [0.4, 0.5) is 0 Å². The Morgan fingerprint density at radius 3 is 2.44 bits per heavy atom. The maximum atomic E-state index is 13.2.